The predicted octanol–water partition coefficient (Wildman–Crippen LogP) is 4.05. The molecular weight excluding hydrogens is 314 g/mol. The molecule has 2 aromatic rings. The minimum atomic E-state index is 0.634. The largest absolute Gasteiger partial charge is 0.307 e. The summed E-state index contributed by atoms with van der Waals surface area (Å²) in [6.07, 6.45) is 7.40. The number of rotatable bonds is 5. The average Bonchev–Trinajstić information content (AvgIpc) is 3.11. The van der Waals surface area contributed by atoms with E-state index < -0.39 is 0 Å². The van der Waals surface area contributed by atoms with Crippen LogP contribution in [-0.2, 0) is 13.1 Å². The lowest BCUT2D eigenvalue weighted by Gasteiger charge is -2.09. The summed E-state index contributed by atoms with van der Waals surface area (Å²) in [5, 5.41) is 8.13. The number of nitrogens with zero attached hydrogens (tertiary/aromatic N) is 2. The van der Waals surface area contributed by atoms with E-state index in [1.54, 1.807) is 0 Å². The molecule has 0 saturated heterocycles. The molecule has 1 heterocycles. The van der Waals surface area contributed by atoms with Crippen molar-refractivity contribution in [2.45, 2.75) is 44.8 Å². The van der Waals surface area contributed by atoms with Crippen molar-refractivity contribution in [3.05, 3.63) is 52.3 Å². The van der Waals surface area contributed by atoms with Crippen LogP contribution >= 0.6 is 15.9 Å². The Bertz CT molecular complexity index is 541. The van der Waals surface area contributed by atoms with E-state index >= 15 is 0 Å². The van der Waals surface area contributed by atoms with Crippen LogP contribution in [0.1, 0.15) is 43.0 Å². The molecule has 1 N–H and O–H groups in total. The zero-order chi connectivity index (χ0) is 13.8. The third-order valence-corrected chi connectivity index (χ3v) is 4.44. The number of halogens is 1. The first kappa shape index (κ1) is 13.8. The average molecular weight is 334 g/mol. The van der Waals surface area contributed by atoms with E-state index in [1.807, 2.05) is 0 Å². The van der Waals surface area contributed by atoms with Crippen molar-refractivity contribution in [3.63, 3.8) is 0 Å². The van der Waals surface area contributed by atoms with Crippen LogP contribution in [0, 0.1) is 0 Å². The summed E-state index contributed by atoms with van der Waals surface area (Å²) in [6, 6.07) is 11.2. The maximum absolute atomic E-state index is 4.68. The van der Waals surface area contributed by atoms with Crippen molar-refractivity contribution in [2.24, 2.45) is 0 Å². The summed E-state index contributed by atoms with van der Waals surface area (Å²) < 4.78 is 3.28. The molecule has 0 atom stereocenters. The highest BCUT2D eigenvalue weighted by Gasteiger charge is 2.17. The van der Waals surface area contributed by atoms with Gasteiger partial charge in [-0.15, -0.1) is 0 Å². The highest BCUT2D eigenvalue weighted by Crippen LogP contribution is 2.28. The van der Waals surface area contributed by atoms with Gasteiger partial charge in [0.05, 0.1) is 11.7 Å². The molecular formula is C16H20BrN3. The Kier molecular flexibility index (Phi) is 4.53. The van der Waals surface area contributed by atoms with Crippen molar-refractivity contribution < 1.29 is 0 Å². The number of benzene rings is 1. The maximum atomic E-state index is 4.68. The van der Waals surface area contributed by atoms with Crippen LogP contribution in [0.4, 0.5) is 0 Å². The molecule has 20 heavy (non-hydrogen) atoms. The molecule has 0 bridgehead atoms. The highest BCUT2D eigenvalue weighted by molar-refractivity contribution is 9.10. The van der Waals surface area contributed by atoms with Crippen LogP contribution in [-0.4, -0.2) is 9.78 Å². The Labute approximate surface area is 128 Å². The zero-order valence-corrected chi connectivity index (χ0v) is 13.1. The van der Waals surface area contributed by atoms with Crippen LogP contribution < -0.4 is 5.32 Å². The molecule has 3 rings (SSSR count). The van der Waals surface area contributed by atoms with E-state index in [4.69, 9.17) is 0 Å². The Morgan fingerprint density at radius 1 is 1.10 bits per heavy atom. The number of hydrogen-bond acceptors (Lipinski definition) is 2. The zero-order valence-electron chi connectivity index (χ0n) is 11.6. The first-order valence-electron chi connectivity index (χ1n) is 7.30. The first-order chi connectivity index (χ1) is 9.81. The van der Waals surface area contributed by atoms with Crippen molar-refractivity contribution in [2.75, 3.05) is 0 Å². The molecule has 1 saturated carbocycles. The minimum Gasteiger partial charge on any atom is -0.307 e. The number of nitrogens with one attached hydrogen (secondary N) is 1. The van der Waals surface area contributed by atoms with E-state index in [0.717, 1.165) is 23.3 Å². The Balaban J connectivity index is 1.49. The van der Waals surface area contributed by atoms with Gasteiger partial charge in [0.1, 0.15) is 0 Å². The third-order valence-electron chi connectivity index (χ3n) is 3.91. The minimum absolute atomic E-state index is 0.634. The topological polar surface area (TPSA) is 29.9 Å². The fourth-order valence-electron chi connectivity index (χ4n) is 2.78. The van der Waals surface area contributed by atoms with Crippen LogP contribution in [0.25, 0.3) is 0 Å². The first-order valence-corrected chi connectivity index (χ1v) is 8.10. The summed E-state index contributed by atoms with van der Waals surface area (Å²) >= 11 is 3.45. The van der Waals surface area contributed by atoms with Gasteiger partial charge in [0.2, 0.25) is 0 Å². The summed E-state index contributed by atoms with van der Waals surface area (Å²) in [5.41, 5.74) is 2.43. The molecule has 1 aromatic carbocycles. The smallest absolute Gasteiger partial charge is 0.0762 e. The summed E-state index contributed by atoms with van der Waals surface area (Å²) in [4.78, 5) is 0. The van der Waals surface area contributed by atoms with Gasteiger partial charge in [-0.3, -0.25) is 4.68 Å². The Morgan fingerprint density at radius 2 is 1.85 bits per heavy atom. The van der Waals surface area contributed by atoms with Gasteiger partial charge in [0, 0.05) is 23.8 Å². The molecule has 4 heteroatoms. The van der Waals surface area contributed by atoms with Gasteiger partial charge in [-0.2, -0.15) is 5.10 Å². The Hall–Kier alpha value is -1.13. The van der Waals surface area contributed by atoms with Gasteiger partial charge >= 0.3 is 0 Å². The molecule has 1 fully saturated rings. The second-order valence-electron chi connectivity index (χ2n) is 5.46. The fourth-order valence-corrected chi connectivity index (χ4v) is 3.05. The lowest BCUT2D eigenvalue weighted by molar-refractivity contribution is 0.461. The standard InChI is InChI=1S/C16H20BrN3/c17-14-7-5-13(6-8-14)11-18-12-15-9-10-20(19-15)16-3-1-2-4-16/h5-10,16,18H,1-4,11-12H2. The molecule has 1 aromatic heterocycles. The molecule has 0 amide bonds. The highest BCUT2D eigenvalue weighted by atomic mass is 79.9. The van der Waals surface area contributed by atoms with Gasteiger partial charge in [-0.05, 0) is 36.6 Å². The van der Waals surface area contributed by atoms with Crippen LogP contribution in [0.15, 0.2) is 41.0 Å². The maximum Gasteiger partial charge on any atom is 0.0762 e. The predicted molar refractivity (Wildman–Crippen MR) is 84.4 cm³/mol. The van der Waals surface area contributed by atoms with Crippen molar-refractivity contribution >= 4 is 15.9 Å². The van der Waals surface area contributed by atoms with Crippen molar-refractivity contribution in [3.8, 4) is 0 Å². The van der Waals surface area contributed by atoms with Crippen LogP contribution in [0.2, 0.25) is 0 Å². The molecule has 1 aliphatic carbocycles. The van der Waals surface area contributed by atoms with Gasteiger partial charge in [0.25, 0.3) is 0 Å². The van der Waals surface area contributed by atoms with Crippen LogP contribution in [0.5, 0.6) is 0 Å². The second kappa shape index (κ2) is 6.55. The Morgan fingerprint density at radius 3 is 2.60 bits per heavy atom. The number of aromatic nitrogens is 2. The molecule has 0 unspecified atom stereocenters. The molecule has 0 radical (unpaired) electrons. The lowest BCUT2D eigenvalue weighted by Crippen LogP contribution is -2.14. The molecule has 0 aliphatic heterocycles. The SMILES string of the molecule is Brc1ccc(CNCc2ccn(C3CCCC3)n2)cc1. The monoisotopic (exact) mass is 333 g/mol. The van der Waals surface area contributed by atoms with Gasteiger partial charge in [-0.25, -0.2) is 0 Å². The summed E-state index contributed by atoms with van der Waals surface area (Å²) in [5.74, 6) is 0. The van der Waals surface area contributed by atoms with Crippen molar-refractivity contribution in [1.82, 2.24) is 15.1 Å². The normalized spacial score (nSPS) is 15.8. The van der Waals surface area contributed by atoms with E-state index in [9.17, 15) is 0 Å². The fraction of sp³-hybridized carbons (Fsp3) is 0.438. The quantitative estimate of drug-likeness (QED) is 0.894. The van der Waals surface area contributed by atoms with Gasteiger partial charge in [0.15, 0.2) is 0 Å². The molecule has 3 nitrogen and oxygen atoms in total. The van der Waals surface area contributed by atoms with E-state index in [0.29, 0.717) is 6.04 Å². The summed E-state index contributed by atoms with van der Waals surface area (Å²) in [6.45, 7) is 1.71. The number of hydrogen-bond donors (Lipinski definition) is 1. The second-order valence-corrected chi connectivity index (χ2v) is 6.37. The van der Waals surface area contributed by atoms with E-state index in [-0.39, 0.29) is 0 Å². The van der Waals surface area contributed by atoms with E-state index in [2.05, 4.69) is 67.6 Å². The molecule has 1 aliphatic rings. The summed E-state index contributed by atoms with van der Waals surface area (Å²) in [7, 11) is 0. The molecule has 106 valence electrons. The third kappa shape index (κ3) is 3.49. The van der Waals surface area contributed by atoms with Crippen LogP contribution in [0.3, 0.4) is 0 Å². The lowest BCUT2D eigenvalue weighted by atomic mass is 10.2. The van der Waals surface area contributed by atoms with Crippen molar-refractivity contribution in [1.29, 1.82) is 0 Å². The van der Waals surface area contributed by atoms with E-state index in [1.165, 1.54) is 31.2 Å². The van der Waals surface area contributed by atoms with Gasteiger partial charge in [-0.1, -0.05) is 40.9 Å². The van der Waals surface area contributed by atoms with Gasteiger partial charge < -0.3 is 5.32 Å². The molecule has 0 spiro atoms.